The molecule has 23 heavy (non-hydrogen) atoms. The Hall–Kier alpha value is -2.10. The summed E-state index contributed by atoms with van der Waals surface area (Å²) in [6, 6.07) is 18.9. The van der Waals surface area contributed by atoms with Crippen molar-refractivity contribution in [2.45, 2.75) is 38.0 Å². The first-order valence-electron chi connectivity index (χ1n) is 8.33. The fourth-order valence-electron chi connectivity index (χ4n) is 3.31. The molecule has 118 valence electrons. The SMILES string of the molecule is CCc1ccc2[nH]c(C(O)NC3(c4ccccc4)CC3)cc2c1. The molecule has 3 aromatic rings. The van der Waals surface area contributed by atoms with E-state index in [0.717, 1.165) is 35.9 Å². The summed E-state index contributed by atoms with van der Waals surface area (Å²) in [6.45, 7) is 2.15. The van der Waals surface area contributed by atoms with Gasteiger partial charge in [-0.15, -0.1) is 0 Å². The van der Waals surface area contributed by atoms with Crippen LogP contribution >= 0.6 is 0 Å². The Bertz CT molecular complexity index is 818. The summed E-state index contributed by atoms with van der Waals surface area (Å²) < 4.78 is 0. The van der Waals surface area contributed by atoms with Gasteiger partial charge in [-0.1, -0.05) is 43.3 Å². The van der Waals surface area contributed by atoms with Gasteiger partial charge in [0.15, 0.2) is 0 Å². The number of aromatic nitrogens is 1. The van der Waals surface area contributed by atoms with Crippen LogP contribution in [0.4, 0.5) is 0 Å². The Morgan fingerprint density at radius 2 is 1.91 bits per heavy atom. The van der Waals surface area contributed by atoms with Gasteiger partial charge in [-0.05, 0) is 48.6 Å². The van der Waals surface area contributed by atoms with Gasteiger partial charge in [0.05, 0.1) is 5.69 Å². The highest BCUT2D eigenvalue weighted by Crippen LogP contribution is 2.46. The van der Waals surface area contributed by atoms with E-state index in [1.54, 1.807) is 0 Å². The quantitative estimate of drug-likeness (QED) is 0.624. The lowest BCUT2D eigenvalue weighted by Crippen LogP contribution is -2.32. The van der Waals surface area contributed by atoms with Crippen LogP contribution in [-0.2, 0) is 12.0 Å². The zero-order valence-corrected chi connectivity index (χ0v) is 13.3. The minimum absolute atomic E-state index is 0.0768. The van der Waals surface area contributed by atoms with Crippen molar-refractivity contribution in [3.8, 4) is 0 Å². The summed E-state index contributed by atoms with van der Waals surface area (Å²) in [4.78, 5) is 3.34. The molecule has 0 radical (unpaired) electrons. The average molecular weight is 306 g/mol. The Balaban J connectivity index is 1.59. The molecule has 1 aliphatic rings. The standard InChI is InChI=1S/C20H22N2O/c1-2-14-8-9-17-15(12-14)13-18(21-17)19(23)22-20(10-11-20)16-6-4-3-5-7-16/h3-9,12-13,19,21-23H,2,10-11H2,1H3. The van der Waals surface area contributed by atoms with Crippen LogP contribution in [0.3, 0.4) is 0 Å². The number of hydrogen-bond acceptors (Lipinski definition) is 2. The first kappa shape index (κ1) is 14.5. The molecule has 1 aliphatic carbocycles. The highest BCUT2D eigenvalue weighted by atomic mass is 16.3. The minimum atomic E-state index is -0.685. The summed E-state index contributed by atoms with van der Waals surface area (Å²) in [5, 5.41) is 15.2. The Kier molecular flexibility index (Phi) is 3.47. The summed E-state index contributed by atoms with van der Waals surface area (Å²) in [5.41, 5.74) is 4.39. The number of aryl methyl sites for hydroxylation is 1. The number of benzene rings is 2. The third-order valence-corrected chi connectivity index (χ3v) is 4.90. The number of aromatic amines is 1. The molecule has 4 rings (SSSR count). The van der Waals surface area contributed by atoms with Gasteiger partial charge < -0.3 is 10.1 Å². The predicted octanol–water partition coefficient (Wildman–Crippen LogP) is 4.00. The molecule has 1 saturated carbocycles. The molecule has 1 heterocycles. The first-order valence-corrected chi connectivity index (χ1v) is 8.33. The van der Waals surface area contributed by atoms with Crippen LogP contribution < -0.4 is 5.32 Å². The number of aliphatic hydroxyl groups is 1. The number of aliphatic hydroxyl groups excluding tert-OH is 1. The van der Waals surface area contributed by atoms with Crippen LogP contribution in [0.5, 0.6) is 0 Å². The second kappa shape index (κ2) is 5.52. The van der Waals surface area contributed by atoms with Crippen molar-refractivity contribution in [3.05, 3.63) is 71.4 Å². The molecule has 3 N–H and O–H groups in total. The molecule has 0 saturated heterocycles. The van der Waals surface area contributed by atoms with E-state index < -0.39 is 6.23 Å². The van der Waals surface area contributed by atoms with Gasteiger partial charge in [-0.2, -0.15) is 0 Å². The molecule has 1 unspecified atom stereocenters. The van der Waals surface area contributed by atoms with E-state index in [0.29, 0.717) is 0 Å². The Labute approximate surface area is 136 Å². The number of rotatable bonds is 5. The summed E-state index contributed by atoms with van der Waals surface area (Å²) in [7, 11) is 0. The van der Waals surface area contributed by atoms with Crippen LogP contribution in [0.2, 0.25) is 0 Å². The van der Waals surface area contributed by atoms with Crippen molar-refractivity contribution in [1.82, 2.24) is 10.3 Å². The van der Waals surface area contributed by atoms with Gasteiger partial charge in [-0.3, -0.25) is 5.32 Å². The smallest absolute Gasteiger partial charge is 0.146 e. The largest absolute Gasteiger partial charge is 0.373 e. The molecule has 0 aliphatic heterocycles. The summed E-state index contributed by atoms with van der Waals surface area (Å²) >= 11 is 0. The van der Waals surface area contributed by atoms with E-state index in [-0.39, 0.29) is 5.54 Å². The first-order chi connectivity index (χ1) is 11.2. The van der Waals surface area contributed by atoms with E-state index in [4.69, 9.17) is 0 Å². The monoisotopic (exact) mass is 306 g/mol. The summed E-state index contributed by atoms with van der Waals surface area (Å²) in [6.07, 6.45) is 2.46. The third kappa shape index (κ3) is 2.67. The van der Waals surface area contributed by atoms with Gasteiger partial charge in [0, 0.05) is 16.4 Å². The van der Waals surface area contributed by atoms with Crippen LogP contribution in [0.1, 0.15) is 42.8 Å². The lowest BCUT2D eigenvalue weighted by atomic mass is 10.0. The lowest BCUT2D eigenvalue weighted by Gasteiger charge is -2.21. The maximum Gasteiger partial charge on any atom is 0.146 e. The van der Waals surface area contributed by atoms with Crippen LogP contribution in [0.25, 0.3) is 10.9 Å². The van der Waals surface area contributed by atoms with Crippen LogP contribution in [-0.4, -0.2) is 10.1 Å². The van der Waals surface area contributed by atoms with Crippen molar-refractivity contribution in [1.29, 1.82) is 0 Å². The number of nitrogens with one attached hydrogen (secondary N) is 2. The Morgan fingerprint density at radius 1 is 1.13 bits per heavy atom. The molecule has 1 fully saturated rings. The fraction of sp³-hybridized carbons (Fsp3) is 0.300. The highest BCUT2D eigenvalue weighted by molar-refractivity contribution is 5.81. The van der Waals surface area contributed by atoms with Crippen LogP contribution in [0.15, 0.2) is 54.6 Å². The predicted molar refractivity (Wildman–Crippen MR) is 93.1 cm³/mol. The van der Waals surface area contributed by atoms with Gasteiger partial charge in [0.1, 0.15) is 6.23 Å². The maximum atomic E-state index is 10.6. The third-order valence-electron chi connectivity index (χ3n) is 4.90. The molecule has 0 bridgehead atoms. The topological polar surface area (TPSA) is 48.0 Å². The zero-order valence-electron chi connectivity index (χ0n) is 13.3. The number of hydrogen-bond donors (Lipinski definition) is 3. The molecular formula is C20H22N2O. The van der Waals surface area contributed by atoms with Gasteiger partial charge in [-0.25, -0.2) is 0 Å². The van der Waals surface area contributed by atoms with Crippen LogP contribution in [0, 0.1) is 0 Å². The molecule has 3 heteroatoms. The lowest BCUT2D eigenvalue weighted by molar-refractivity contribution is 0.114. The molecular weight excluding hydrogens is 284 g/mol. The molecule has 0 spiro atoms. The molecule has 3 nitrogen and oxygen atoms in total. The van der Waals surface area contributed by atoms with Crippen molar-refractivity contribution in [3.63, 3.8) is 0 Å². The molecule has 2 aromatic carbocycles. The highest BCUT2D eigenvalue weighted by Gasteiger charge is 2.45. The average Bonchev–Trinajstić information content (AvgIpc) is 3.24. The fourth-order valence-corrected chi connectivity index (χ4v) is 3.31. The second-order valence-electron chi connectivity index (χ2n) is 6.49. The number of H-pyrrole nitrogens is 1. The molecule has 0 amide bonds. The maximum absolute atomic E-state index is 10.6. The van der Waals surface area contributed by atoms with Gasteiger partial charge in [0.2, 0.25) is 0 Å². The van der Waals surface area contributed by atoms with Crippen molar-refractivity contribution in [2.75, 3.05) is 0 Å². The van der Waals surface area contributed by atoms with Gasteiger partial charge >= 0.3 is 0 Å². The minimum Gasteiger partial charge on any atom is -0.373 e. The van der Waals surface area contributed by atoms with E-state index in [9.17, 15) is 5.11 Å². The van der Waals surface area contributed by atoms with Crippen molar-refractivity contribution in [2.24, 2.45) is 0 Å². The summed E-state index contributed by atoms with van der Waals surface area (Å²) in [5.74, 6) is 0. The second-order valence-corrected chi connectivity index (χ2v) is 6.49. The molecule has 1 atom stereocenters. The van der Waals surface area contributed by atoms with E-state index in [1.807, 2.05) is 12.1 Å². The van der Waals surface area contributed by atoms with E-state index >= 15 is 0 Å². The van der Waals surface area contributed by atoms with Crippen molar-refractivity contribution >= 4 is 10.9 Å². The normalized spacial score (nSPS) is 17.3. The molecule has 1 aromatic heterocycles. The van der Waals surface area contributed by atoms with Gasteiger partial charge in [0.25, 0.3) is 0 Å². The van der Waals surface area contributed by atoms with Crippen molar-refractivity contribution < 1.29 is 5.11 Å². The van der Waals surface area contributed by atoms with E-state index in [2.05, 4.69) is 59.7 Å². The number of fused-ring (bicyclic) bond motifs is 1. The zero-order chi connectivity index (χ0) is 15.9. The Morgan fingerprint density at radius 3 is 2.61 bits per heavy atom. The van der Waals surface area contributed by atoms with E-state index in [1.165, 1.54) is 11.1 Å².